The average molecular weight is 164 g/mol. The third-order valence-electron chi connectivity index (χ3n) is 3.33. The van der Waals surface area contributed by atoms with Crippen LogP contribution in [-0.2, 0) is 4.79 Å². The Morgan fingerprint density at radius 3 is 3.08 bits per heavy atom. The van der Waals surface area contributed by atoms with Crippen LogP contribution < -0.4 is 0 Å². The lowest BCUT2D eigenvalue weighted by molar-refractivity contribution is -0.118. The molecule has 0 spiro atoms. The maximum atomic E-state index is 11.5. The zero-order chi connectivity index (χ0) is 8.55. The van der Waals surface area contributed by atoms with Crippen molar-refractivity contribution in [3.63, 3.8) is 0 Å². The van der Waals surface area contributed by atoms with Crippen molar-refractivity contribution in [2.75, 3.05) is 0 Å². The Morgan fingerprint density at radius 1 is 1.50 bits per heavy atom. The highest BCUT2D eigenvalue weighted by Gasteiger charge is 2.35. The molecule has 0 heterocycles. The molecule has 1 fully saturated rings. The summed E-state index contributed by atoms with van der Waals surface area (Å²) in [6.45, 7) is 2.13. The van der Waals surface area contributed by atoms with Crippen molar-refractivity contribution in [1.29, 1.82) is 0 Å². The number of hydrogen-bond donors (Lipinski definition) is 0. The fourth-order valence-corrected chi connectivity index (χ4v) is 2.68. The molecule has 0 aromatic heterocycles. The number of carbonyl (C=O) groups excluding carboxylic acids is 1. The summed E-state index contributed by atoms with van der Waals surface area (Å²) in [4.78, 5) is 11.5. The summed E-state index contributed by atoms with van der Waals surface area (Å²) in [6, 6.07) is 0. The SMILES string of the molecule is CCC1C(=O)C=C2CCCCC21. The maximum Gasteiger partial charge on any atom is 0.159 e. The molecule has 0 aromatic carbocycles. The quantitative estimate of drug-likeness (QED) is 0.582. The topological polar surface area (TPSA) is 17.1 Å². The predicted octanol–water partition coefficient (Wildman–Crippen LogP) is 2.71. The van der Waals surface area contributed by atoms with Crippen molar-refractivity contribution in [2.24, 2.45) is 11.8 Å². The molecular weight excluding hydrogens is 148 g/mol. The smallest absolute Gasteiger partial charge is 0.159 e. The van der Waals surface area contributed by atoms with Crippen molar-refractivity contribution in [2.45, 2.75) is 39.0 Å². The second kappa shape index (κ2) is 3.04. The number of carbonyl (C=O) groups is 1. The van der Waals surface area contributed by atoms with Gasteiger partial charge in [-0.3, -0.25) is 4.79 Å². The molecule has 0 amide bonds. The number of ketones is 1. The van der Waals surface area contributed by atoms with Gasteiger partial charge in [-0.15, -0.1) is 0 Å². The summed E-state index contributed by atoms with van der Waals surface area (Å²) in [5, 5.41) is 0. The third-order valence-corrected chi connectivity index (χ3v) is 3.33. The molecule has 1 heteroatoms. The molecule has 0 bridgehead atoms. The summed E-state index contributed by atoms with van der Waals surface area (Å²) in [5.74, 6) is 1.39. The minimum atomic E-state index is 0.347. The van der Waals surface area contributed by atoms with E-state index in [0.29, 0.717) is 17.6 Å². The van der Waals surface area contributed by atoms with E-state index < -0.39 is 0 Å². The van der Waals surface area contributed by atoms with Gasteiger partial charge in [-0.05, 0) is 37.7 Å². The van der Waals surface area contributed by atoms with E-state index in [2.05, 4.69) is 6.92 Å². The van der Waals surface area contributed by atoms with Crippen molar-refractivity contribution in [3.8, 4) is 0 Å². The molecule has 1 nitrogen and oxygen atoms in total. The summed E-state index contributed by atoms with van der Waals surface area (Å²) >= 11 is 0. The van der Waals surface area contributed by atoms with Crippen LogP contribution in [0.5, 0.6) is 0 Å². The van der Waals surface area contributed by atoms with E-state index in [9.17, 15) is 4.79 Å². The van der Waals surface area contributed by atoms with Crippen LogP contribution in [0.25, 0.3) is 0 Å². The molecule has 66 valence electrons. The van der Waals surface area contributed by atoms with Crippen LogP contribution in [0.4, 0.5) is 0 Å². The zero-order valence-electron chi connectivity index (χ0n) is 7.68. The molecule has 2 aliphatic rings. The van der Waals surface area contributed by atoms with E-state index in [-0.39, 0.29) is 0 Å². The van der Waals surface area contributed by atoms with Crippen LogP contribution in [0.15, 0.2) is 11.6 Å². The van der Waals surface area contributed by atoms with Crippen LogP contribution in [0.1, 0.15) is 39.0 Å². The van der Waals surface area contributed by atoms with E-state index in [1.807, 2.05) is 6.08 Å². The van der Waals surface area contributed by atoms with Crippen molar-refractivity contribution in [1.82, 2.24) is 0 Å². The summed E-state index contributed by atoms with van der Waals surface area (Å²) in [7, 11) is 0. The van der Waals surface area contributed by atoms with Gasteiger partial charge in [0.25, 0.3) is 0 Å². The Kier molecular flexibility index (Phi) is 2.03. The van der Waals surface area contributed by atoms with Gasteiger partial charge in [0.2, 0.25) is 0 Å². The number of hydrogen-bond acceptors (Lipinski definition) is 1. The number of rotatable bonds is 1. The highest BCUT2D eigenvalue weighted by Crippen LogP contribution is 2.41. The van der Waals surface area contributed by atoms with Gasteiger partial charge >= 0.3 is 0 Å². The van der Waals surface area contributed by atoms with Gasteiger partial charge < -0.3 is 0 Å². The van der Waals surface area contributed by atoms with Gasteiger partial charge in [0.1, 0.15) is 0 Å². The second-order valence-corrected chi connectivity index (χ2v) is 3.99. The molecule has 2 aliphatic carbocycles. The number of fused-ring (bicyclic) bond motifs is 1. The highest BCUT2D eigenvalue weighted by molar-refractivity contribution is 5.95. The van der Waals surface area contributed by atoms with Gasteiger partial charge in [-0.2, -0.15) is 0 Å². The minimum Gasteiger partial charge on any atom is -0.295 e. The Labute approximate surface area is 73.8 Å². The van der Waals surface area contributed by atoms with Crippen LogP contribution in [-0.4, -0.2) is 5.78 Å². The molecular formula is C11H16O. The lowest BCUT2D eigenvalue weighted by Crippen LogP contribution is -2.18. The molecule has 0 aromatic rings. The minimum absolute atomic E-state index is 0.347. The maximum absolute atomic E-state index is 11.5. The molecule has 0 saturated heterocycles. The summed E-state index contributed by atoms with van der Waals surface area (Å²) in [6.07, 6.45) is 8.03. The van der Waals surface area contributed by atoms with Gasteiger partial charge in [0, 0.05) is 5.92 Å². The van der Waals surface area contributed by atoms with E-state index in [0.717, 1.165) is 6.42 Å². The third kappa shape index (κ3) is 1.12. The lowest BCUT2D eigenvalue weighted by Gasteiger charge is -2.24. The largest absolute Gasteiger partial charge is 0.295 e. The van der Waals surface area contributed by atoms with E-state index >= 15 is 0 Å². The van der Waals surface area contributed by atoms with Crippen LogP contribution in [0.3, 0.4) is 0 Å². The molecule has 1 saturated carbocycles. The van der Waals surface area contributed by atoms with E-state index in [1.54, 1.807) is 0 Å². The Balaban J connectivity index is 2.19. The van der Waals surface area contributed by atoms with Crippen molar-refractivity contribution >= 4 is 5.78 Å². The van der Waals surface area contributed by atoms with Crippen LogP contribution in [0.2, 0.25) is 0 Å². The Morgan fingerprint density at radius 2 is 2.33 bits per heavy atom. The fourth-order valence-electron chi connectivity index (χ4n) is 2.68. The Bertz CT molecular complexity index is 227. The zero-order valence-corrected chi connectivity index (χ0v) is 7.68. The highest BCUT2D eigenvalue weighted by atomic mass is 16.1. The molecule has 0 N–H and O–H groups in total. The second-order valence-electron chi connectivity index (χ2n) is 3.99. The van der Waals surface area contributed by atoms with Crippen LogP contribution in [0, 0.1) is 11.8 Å². The van der Waals surface area contributed by atoms with E-state index in [1.165, 1.54) is 31.3 Å². The normalized spacial score (nSPS) is 34.8. The lowest BCUT2D eigenvalue weighted by atomic mass is 9.79. The van der Waals surface area contributed by atoms with Gasteiger partial charge in [0.15, 0.2) is 5.78 Å². The van der Waals surface area contributed by atoms with E-state index in [4.69, 9.17) is 0 Å². The Hall–Kier alpha value is -0.590. The summed E-state index contributed by atoms with van der Waals surface area (Å²) < 4.78 is 0. The van der Waals surface area contributed by atoms with Crippen molar-refractivity contribution in [3.05, 3.63) is 11.6 Å². The first kappa shape index (κ1) is 8.03. The first-order chi connectivity index (χ1) is 5.83. The fraction of sp³-hybridized carbons (Fsp3) is 0.727. The summed E-state index contributed by atoms with van der Waals surface area (Å²) in [5.41, 5.74) is 1.46. The molecule has 0 radical (unpaired) electrons. The number of allylic oxidation sites excluding steroid dienone is 2. The first-order valence-corrected chi connectivity index (χ1v) is 5.07. The van der Waals surface area contributed by atoms with Gasteiger partial charge in [-0.1, -0.05) is 18.9 Å². The molecule has 2 unspecified atom stereocenters. The molecule has 2 rings (SSSR count). The first-order valence-electron chi connectivity index (χ1n) is 5.07. The molecule has 2 atom stereocenters. The molecule has 0 aliphatic heterocycles. The monoisotopic (exact) mass is 164 g/mol. The standard InChI is InChI=1S/C11H16O/c1-2-9-10-6-4-3-5-8(10)7-11(9)12/h7,9-10H,2-6H2,1H3. The van der Waals surface area contributed by atoms with Gasteiger partial charge in [0.05, 0.1) is 0 Å². The van der Waals surface area contributed by atoms with Crippen LogP contribution >= 0.6 is 0 Å². The average Bonchev–Trinajstić information content (AvgIpc) is 2.40. The predicted molar refractivity (Wildman–Crippen MR) is 48.8 cm³/mol. The van der Waals surface area contributed by atoms with Gasteiger partial charge in [-0.25, -0.2) is 0 Å². The van der Waals surface area contributed by atoms with Crippen molar-refractivity contribution < 1.29 is 4.79 Å². The molecule has 12 heavy (non-hydrogen) atoms.